The van der Waals surface area contributed by atoms with Crippen LogP contribution in [0.4, 0.5) is 0 Å². The van der Waals surface area contributed by atoms with E-state index in [9.17, 15) is 0 Å². The van der Waals surface area contributed by atoms with Gasteiger partial charge in [-0.15, -0.1) is 0 Å². The van der Waals surface area contributed by atoms with Gasteiger partial charge in [0.1, 0.15) is 51.3 Å². The average molecular weight is 1260 g/mol. The number of hydrogen-bond donors (Lipinski definition) is 0. The van der Waals surface area contributed by atoms with Gasteiger partial charge in [-0.1, -0.05) is 171 Å². The first kappa shape index (κ1) is 68.9. The molecule has 93 heavy (non-hydrogen) atoms. The number of rotatable bonds is 39. The molecular weight excluding hydrogens is 1170 g/mol. The summed E-state index contributed by atoms with van der Waals surface area (Å²) in [6.45, 7) is 6.34. The summed E-state index contributed by atoms with van der Waals surface area (Å²) in [5, 5.41) is 0. The summed E-state index contributed by atoms with van der Waals surface area (Å²) in [4.78, 5) is 2.34. The number of hydrogen-bond acceptors (Lipinski definition) is 13. The fourth-order valence-electron chi connectivity index (χ4n) is 12.2. The third-order valence-electron chi connectivity index (χ3n) is 17.3. The molecule has 9 rings (SSSR count). The van der Waals surface area contributed by atoms with E-state index in [1.54, 1.807) is 42.7 Å². The van der Waals surface area contributed by atoms with E-state index >= 15 is 0 Å². The molecule has 0 fully saturated rings. The molecule has 0 saturated carbocycles. The molecule has 0 atom stereocenters. The van der Waals surface area contributed by atoms with Gasteiger partial charge in [-0.05, 0) is 162 Å². The molecule has 13 nitrogen and oxygen atoms in total. The molecule has 9 aromatic rings. The summed E-state index contributed by atoms with van der Waals surface area (Å²) in [6, 6.07) is 79.7. The summed E-state index contributed by atoms with van der Waals surface area (Å²) >= 11 is 0. The molecule has 0 N–H and O–H groups in total. The third kappa shape index (κ3) is 16.5. The van der Waals surface area contributed by atoms with Crippen molar-refractivity contribution in [2.75, 3.05) is 116 Å². The first-order valence-electron chi connectivity index (χ1n) is 32.0. The zero-order chi connectivity index (χ0) is 65.2. The molecule has 0 aliphatic heterocycles. The Morgan fingerprint density at radius 3 is 0.667 bits per heavy atom. The summed E-state index contributed by atoms with van der Waals surface area (Å²) in [6.07, 6.45) is 2.70. The van der Waals surface area contributed by atoms with Gasteiger partial charge >= 0.3 is 0 Å². The minimum atomic E-state index is -0.964. The van der Waals surface area contributed by atoms with Crippen molar-refractivity contribution in [3.05, 3.63) is 287 Å². The topological polar surface area (TPSA) is 114 Å². The highest BCUT2D eigenvalue weighted by Crippen LogP contribution is 2.45. The zero-order valence-corrected chi connectivity index (χ0v) is 55.3. The highest BCUT2D eigenvalue weighted by molar-refractivity contribution is 5.53. The molecule has 488 valence electrons. The molecule has 0 heterocycles. The maximum absolute atomic E-state index is 7.25. The third-order valence-corrected chi connectivity index (χ3v) is 17.3. The second kappa shape index (κ2) is 34.4. The minimum Gasteiger partial charge on any atom is -0.497 e. The van der Waals surface area contributed by atoms with Crippen LogP contribution in [0, 0.1) is 0 Å². The van der Waals surface area contributed by atoms with Gasteiger partial charge < -0.3 is 56.8 Å². The maximum Gasteiger partial charge on any atom is 0.143 e. The van der Waals surface area contributed by atoms with E-state index in [2.05, 4.69) is 128 Å². The van der Waals surface area contributed by atoms with Crippen LogP contribution in [0.25, 0.3) is 0 Å². The molecular formula is C80H91NO12. The van der Waals surface area contributed by atoms with Crippen LogP contribution >= 0.6 is 0 Å². The molecule has 0 amide bonds. The molecule has 0 saturated heterocycles. The van der Waals surface area contributed by atoms with E-state index in [1.807, 2.05) is 127 Å². The van der Waals surface area contributed by atoms with Gasteiger partial charge in [0.25, 0.3) is 0 Å². The summed E-state index contributed by atoms with van der Waals surface area (Å²) in [5.74, 6) is 4.55. The Morgan fingerprint density at radius 1 is 0.269 bits per heavy atom. The molecule has 0 spiro atoms. The fourth-order valence-corrected chi connectivity index (χ4v) is 12.2. The van der Waals surface area contributed by atoms with Crippen molar-refractivity contribution in [1.29, 1.82) is 0 Å². The molecule has 0 aromatic heterocycles. The van der Waals surface area contributed by atoms with Crippen molar-refractivity contribution >= 4 is 0 Å². The average Bonchev–Trinajstić information content (AvgIpc) is 0.780. The molecule has 0 radical (unpaired) electrons. The molecule has 0 aliphatic rings. The molecule has 0 bridgehead atoms. The second-order valence-corrected chi connectivity index (χ2v) is 22.9. The molecule has 0 aliphatic carbocycles. The van der Waals surface area contributed by atoms with Gasteiger partial charge in [-0.2, -0.15) is 0 Å². The minimum absolute atomic E-state index is 0.329. The predicted molar refractivity (Wildman–Crippen MR) is 367 cm³/mol. The highest BCUT2D eigenvalue weighted by Gasteiger charge is 2.42. The Labute approximate surface area is 550 Å². The van der Waals surface area contributed by atoms with Gasteiger partial charge in [-0.3, -0.25) is 4.90 Å². The van der Waals surface area contributed by atoms with Crippen molar-refractivity contribution in [2.45, 2.75) is 54.9 Å². The Morgan fingerprint density at radius 2 is 0.473 bits per heavy atom. The SMILES string of the molecule is CCCN(C)C(COCCCOC(c1ccccc1)(c1ccc(OC)cc1)c1ccc(OC)cc1)(COCCCOC(c1ccccc1)(c1ccc(OC)cc1)c1ccc(OC)cc1)COCCCOC(c1ccccc1)(c1ccc(OC)cc1)c1ccc(OC)cc1. The Hall–Kier alpha value is -8.50. The van der Waals surface area contributed by atoms with Crippen molar-refractivity contribution in [3.8, 4) is 34.5 Å². The van der Waals surface area contributed by atoms with Crippen LogP contribution in [0.2, 0.25) is 0 Å². The van der Waals surface area contributed by atoms with Gasteiger partial charge in [0.15, 0.2) is 0 Å². The normalized spacial score (nSPS) is 12.0. The van der Waals surface area contributed by atoms with E-state index in [0.717, 1.165) is 97.5 Å². The van der Waals surface area contributed by atoms with Crippen LogP contribution in [0.3, 0.4) is 0 Å². The van der Waals surface area contributed by atoms with Crippen LogP contribution < -0.4 is 28.4 Å². The first-order valence-corrected chi connectivity index (χ1v) is 32.0. The monoisotopic (exact) mass is 1260 g/mol. The summed E-state index contributed by atoms with van der Waals surface area (Å²) < 4.78 is 76.0. The summed E-state index contributed by atoms with van der Waals surface area (Å²) in [7, 11) is 12.2. The Kier molecular flexibility index (Phi) is 25.5. The predicted octanol–water partition coefficient (Wildman–Crippen LogP) is 15.4. The van der Waals surface area contributed by atoms with Gasteiger partial charge in [0.2, 0.25) is 0 Å². The van der Waals surface area contributed by atoms with Gasteiger partial charge in [-0.25, -0.2) is 0 Å². The van der Waals surface area contributed by atoms with Crippen molar-refractivity contribution < 1.29 is 56.8 Å². The smallest absolute Gasteiger partial charge is 0.143 e. The van der Waals surface area contributed by atoms with Crippen molar-refractivity contribution in [1.82, 2.24) is 4.90 Å². The lowest BCUT2D eigenvalue weighted by molar-refractivity contribution is -0.0987. The lowest BCUT2D eigenvalue weighted by atomic mass is 9.80. The van der Waals surface area contributed by atoms with E-state index in [4.69, 9.17) is 56.8 Å². The van der Waals surface area contributed by atoms with Crippen LogP contribution in [-0.4, -0.2) is 126 Å². The highest BCUT2D eigenvalue weighted by atomic mass is 16.5. The number of ether oxygens (including phenoxy) is 12. The number of nitrogens with zero attached hydrogens (tertiary/aromatic N) is 1. The largest absolute Gasteiger partial charge is 0.497 e. The standard InChI is InChI=1S/C80H91NO12/c1-9-52-81(2)77(59-88-53-19-56-91-78(62-22-13-10-14-23-62,65-28-40-71(82-3)41-29-65)66-30-42-72(83-4)43-31-66,60-89-54-20-57-92-79(63-24-15-11-16-25-63,67-32-44-73(84-5)45-33-67)68-34-46-74(85-6)47-35-68)61-90-55-21-58-93-80(64-26-17-12-18-27-64,69-36-48-75(86-7)49-37-69)70-38-50-76(87-8)51-39-70/h10-18,22-51H,9,19-21,52-61H2,1-8H3. The van der Waals surface area contributed by atoms with E-state index < -0.39 is 22.3 Å². The fraction of sp³-hybridized carbons (Fsp3) is 0.325. The van der Waals surface area contributed by atoms with Crippen LogP contribution in [0.15, 0.2) is 237 Å². The van der Waals surface area contributed by atoms with E-state index in [0.29, 0.717) is 78.7 Å². The summed E-state index contributed by atoms with van der Waals surface area (Å²) in [5.41, 5.74) is 5.17. The van der Waals surface area contributed by atoms with E-state index in [1.165, 1.54) is 0 Å². The van der Waals surface area contributed by atoms with Crippen molar-refractivity contribution in [2.24, 2.45) is 0 Å². The second-order valence-electron chi connectivity index (χ2n) is 22.9. The molecule has 13 heteroatoms. The van der Waals surface area contributed by atoms with Crippen molar-refractivity contribution in [3.63, 3.8) is 0 Å². The Balaban J connectivity index is 0.953. The van der Waals surface area contributed by atoms with Crippen LogP contribution in [0.5, 0.6) is 34.5 Å². The molecule has 9 aromatic carbocycles. The van der Waals surface area contributed by atoms with Gasteiger partial charge in [0, 0.05) is 19.8 Å². The Bertz CT molecular complexity index is 3040. The maximum atomic E-state index is 7.25. The van der Waals surface area contributed by atoms with E-state index in [-0.39, 0.29) is 0 Å². The number of methoxy groups -OCH3 is 6. The van der Waals surface area contributed by atoms with Crippen LogP contribution in [0.1, 0.15) is 82.7 Å². The number of benzene rings is 9. The quantitative estimate of drug-likeness (QED) is 0.0269. The lowest BCUT2D eigenvalue weighted by Gasteiger charge is -2.41. The lowest BCUT2D eigenvalue weighted by Crippen LogP contribution is -2.57. The first-order chi connectivity index (χ1) is 45.6. The number of likely N-dealkylation sites (N-methyl/N-ethyl adjacent to an activating group) is 1. The van der Waals surface area contributed by atoms with Gasteiger partial charge in [0.05, 0.1) is 87.8 Å². The van der Waals surface area contributed by atoms with Crippen LogP contribution in [-0.2, 0) is 45.2 Å². The molecule has 0 unspecified atom stereocenters. The zero-order valence-electron chi connectivity index (χ0n) is 55.3.